The second-order valence-electron chi connectivity index (χ2n) is 4.28. The van der Waals surface area contributed by atoms with Crippen molar-refractivity contribution in [1.29, 1.82) is 0 Å². The van der Waals surface area contributed by atoms with Crippen LogP contribution in [0.2, 0.25) is 5.02 Å². The molecule has 6 heteroatoms. The number of carboxylic acid groups (broad SMARTS) is 1. The Morgan fingerprint density at radius 2 is 2.11 bits per heavy atom. The molecule has 0 unspecified atom stereocenters. The standard InChI is InChI=1S/C12H13ClN2O3/c13-9-5-8(11(16)17)3-4-10(9)15-12(18)14-6-7-1-2-7/h3-5,7H,1-2,6H2,(H,16,17)(H2,14,15,18). The minimum atomic E-state index is -1.05. The number of nitrogens with one attached hydrogen (secondary N) is 2. The van der Waals surface area contributed by atoms with Gasteiger partial charge in [-0.3, -0.25) is 0 Å². The molecule has 5 nitrogen and oxygen atoms in total. The van der Waals surface area contributed by atoms with Crippen molar-refractivity contribution in [3.63, 3.8) is 0 Å². The molecule has 1 aliphatic carbocycles. The summed E-state index contributed by atoms with van der Waals surface area (Å²) in [4.78, 5) is 22.2. The number of benzene rings is 1. The number of carboxylic acids is 1. The Morgan fingerprint density at radius 1 is 1.39 bits per heavy atom. The Bertz CT molecular complexity index is 486. The molecule has 0 heterocycles. The molecule has 2 amide bonds. The zero-order chi connectivity index (χ0) is 13.1. The number of hydrogen-bond donors (Lipinski definition) is 3. The molecule has 0 bridgehead atoms. The summed E-state index contributed by atoms with van der Waals surface area (Å²) < 4.78 is 0. The van der Waals surface area contributed by atoms with Crippen molar-refractivity contribution in [2.24, 2.45) is 5.92 Å². The number of carbonyl (C=O) groups is 2. The van der Waals surface area contributed by atoms with Gasteiger partial charge in [0.2, 0.25) is 0 Å². The molecule has 0 radical (unpaired) electrons. The minimum Gasteiger partial charge on any atom is -0.478 e. The van der Waals surface area contributed by atoms with Crippen LogP contribution in [-0.2, 0) is 0 Å². The summed E-state index contributed by atoms with van der Waals surface area (Å²) in [5.74, 6) is -0.456. The Hall–Kier alpha value is -1.75. The SMILES string of the molecule is O=C(NCC1CC1)Nc1ccc(C(=O)O)cc1Cl. The number of amides is 2. The van der Waals surface area contributed by atoms with Gasteiger partial charge in [0.15, 0.2) is 0 Å². The zero-order valence-electron chi connectivity index (χ0n) is 9.57. The maximum atomic E-state index is 11.5. The van der Waals surface area contributed by atoms with E-state index in [2.05, 4.69) is 10.6 Å². The van der Waals surface area contributed by atoms with Gasteiger partial charge in [-0.2, -0.15) is 0 Å². The minimum absolute atomic E-state index is 0.0870. The lowest BCUT2D eigenvalue weighted by atomic mass is 10.2. The fourth-order valence-electron chi connectivity index (χ4n) is 1.48. The molecule has 0 aromatic heterocycles. The third kappa shape index (κ3) is 3.37. The van der Waals surface area contributed by atoms with E-state index in [1.165, 1.54) is 18.2 Å². The summed E-state index contributed by atoms with van der Waals surface area (Å²) in [7, 11) is 0. The highest BCUT2D eigenvalue weighted by Crippen LogP contribution is 2.27. The van der Waals surface area contributed by atoms with Crippen LogP contribution < -0.4 is 10.6 Å². The molecule has 0 spiro atoms. The fourth-order valence-corrected chi connectivity index (χ4v) is 1.70. The Kier molecular flexibility index (Phi) is 3.72. The van der Waals surface area contributed by atoms with Crippen molar-refractivity contribution in [2.45, 2.75) is 12.8 Å². The van der Waals surface area contributed by atoms with Gasteiger partial charge < -0.3 is 15.7 Å². The molecule has 0 saturated heterocycles. The average molecular weight is 269 g/mol. The molecule has 2 rings (SSSR count). The first kappa shape index (κ1) is 12.7. The Morgan fingerprint density at radius 3 is 2.67 bits per heavy atom. The normalized spacial score (nSPS) is 14.1. The summed E-state index contributed by atoms with van der Waals surface area (Å²) in [5.41, 5.74) is 0.485. The van der Waals surface area contributed by atoms with Crippen LogP contribution in [0.15, 0.2) is 18.2 Å². The van der Waals surface area contributed by atoms with E-state index >= 15 is 0 Å². The van der Waals surface area contributed by atoms with Gasteiger partial charge in [-0.1, -0.05) is 11.6 Å². The number of anilines is 1. The van der Waals surface area contributed by atoms with E-state index in [0.29, 0.717) is 18.2 Å². The van der Waals surface area contributed by atoms with Crippen LogP contribution in [0.25, 0.3) is 0 Å². The molecule has 1 aromatic rings. The van der Waals surface area contributed by atoms with Gasteiger partial charge in [-0.15, -0.1) is 0 Å². The lowest BCUT2D eigenvalue weighted by Gasteiger charge is -2.09. The third-order valence-electron chi connectivity index (χ3n) is 2.71. The Balaban J connectivity index is 1.95. The van der Waals surface area contributed by atoms with Crippen molar-refractivity contribution in [3.05, 3.63) is 28.8 Å². The van der Waals surface area contributed by atoms with Crippen LogP contribution in [0, 0.1) is 5.92 Å². The first-order valence-corrected chi connectivity index (χ1v) is 6.02. The van der Waals surface area contributed by atoms with E-state index in [0.717, 1.165) is 12.8 Å². The van der Waals surface area contributed by atoms with Crippen molar-refractivity contribution < 1.29 is 14.7 Å². The second-order valence-corrected chi connectivity index (χ2v) is 4.69. The molecular formula is C12H13ClN2O3. The molecule has 18 heavy (non-hydrogen) atoms. The van der Waals surface area contributed by atoms with Crippen molar-refractivity contribution in [2.75, 3.05) is 11.9 Å². The molecule has 0 atom stereocenters. The van der Waals surface area contributed by atoms with E-state index in [1.54, 1.807) is 0 Å². The summed E-state index contributed by atoms with van der Waals surface area (Å²) in [6.07, 6.45) is 2.32. The first-order valence-electron chi connectivity index (χ1n) is 5.64. The molecule has 1 saturated carbocycles. The first-order chi connectivity index (χ1) is 8.56. The quantitative estimate of drug-likeness (QED) is 0.785. The van der Waals surface area contributed by atoms with Crippen molar-refractivity contribution >= 4 is 29.3 Å². The van der Waals surface area contributed by atoms with E-state index < -0.39 is 5.97 Å². The number of urea groups is 1. The topological polar surface area (TPSA) is 78.4 Å². The molecule has 96 valence electrons. The van der Waals surface area contributed by atoms with Crippen LogP contribution in [0.5, 0.6) is 0 Å². The van der Waals surface area contributed by atoms with Gasteiger partial charge in [-0.25, -0.2) is 9.59 Å². The van der Waals surface area contributed by atoms with Gasteiger partial charge in [0.05, 0.1) is 16.3 Å². The van der Waals surface area contributed by atoms with Crippen molar-refractivity contribution in [1.82, 2.24) is 5.32 Å². The van der Waals surface area contributed by atoms with Crippen LogP contribution >= 0.6 is 11.6 Å². The molecular weight excluding hydrogens is 256 g/mol. The lowest BCUT2D eigenvalue weighted by molar-refractivity contribution is 0.0697. The van der Waals surface area contributed by atoms with Gasteiger partial charge >= 0.3 is 12.0 Å². The molecule has 0 aliphatic heterocycles. The highest BCUT2D eigenvalue weighted by atomic mass is 35.5. The third-order valence-corrected chi connectivity index (χ3v) is 3.03. The number of carbonyl (C=O) groups excluding carboxylic acids is 1. The second kappa shape index (κ2) is 5.27. The maximum Gasteiger partial charge on any atom is 0.335 e. The maximum absolute atomic E-state index is 11.5. The van der Waals surface area contributed by atoms with Gasteiger partial charge in [0, 0.05) is 6.54 Å². The van der Waals surface area contributed by atoms with Gasteiger partial charge in [0.1, 0.15) is 0 Å². The summed E-state index contributed by atoms with van der Waals surface area (Å²) >= 11 is 5.89. The predicted molar refractivity (Wildman–Crippen MR) is 68.2 cm³/mol. The Labute approximate surface area is 109 Å². The lowest BCUT2D eigenvalue weighted by Crippen LogP contribution is -2.30. The summed E-state index contributed by atoms with van der Waals surface area (Å²) in [6, 6.07) is 3.85. The number of halogens is 1. The van der Waals surface area contributed by atoms with Gasteiger partial charge in [0.25, 0.3) is 0 Å². The van der Waals surface area contributed by atoms with E-state index in [1.807, 2.05) is 0 Å². The van der Waals surface area contributed by atoms with Crippen LogP contribution in [-0.4, -0.2) is 23.7 Å². The largest absolute Gasteiger partial charge is 0.478 e. The summed E-state index contributed by atoms with van der Waals surface area (Å²) in [6.45, 7) is 0.663. The van der Waals surface area contributed by atoms with Crippen LogP contribution in [0.1, 0.15) is 23.2 Å². The zero-order valence-corrected chi connectivity index (χ0v) is 10.3. The number of rotatable bonds is 4. The summed E-state index contributed by atoms with van der Waals surface area (Å²) in [5, 5.41) is 14.3. The number of aromatic carboxylic acids is 1. The number of hydrogen-bond acceptors (Lipinski definition) is 2. The highest BCUT2D eigenvalue weighted by Gasteiger charge is 2.21. The van der Waals surface area contributed by atoms with Crippen LogP contribution in [0.4, 0.5) is 10.5 Å². The molecule has 3 N–H and O–H groups in total. The van der Waals surface area contributed by atoms with E-state index in [9.17, 15) is 9.59 Å². The van der Waals surface area contributed by atoms with E-state index in [-0.39, 0.29) is 16.6 Å². The van der Waals surface area contributed by atoms with Crippen LogP contribution in [0.3, 0.4) is 0 Å². The van der Waals surface area contributed by atoms with E-state index in [4.69, 9.17) is 16.7 Å². The monoisotopic (exact) mass is 268 g/mol. The van der Waals surface area contributed by atoms with Crippen molar-refractivity contribution in [3.8, 4) is 0 Å². The molecule has 1 fully saturated rings. The smallest absolute Gasteiger partial charge is 0.335 e. The average Bonchev–Trinajstić information content (AvgIpc) is 3.13. The molecule has 1 aromatic carbocycles. The molecule has 1 aliphatic rings. The van der Waals surface area contributed by atoms with Gasteiger partial charge in [-0.05, 0) is 37.0 Å². The highest BCUT2D eigenvalue weighted by molar-refractivity contribution is 6.34. The predicted octanol–water partition coefficient (Wildman–Crippen LogP) is 2.57. The fraction of sp³-hybridized carbons (Fsp3) is 0.333.